The second-order valence-corrected chi connectivity index (χ2v) is 9.19. The lowest BCUT2D eigenvalue weighted by atomic mass is 9.91. The number of anilines is 4. The Morgan fingerprint density at radius 1 is 1.06 bits per heavy atom. The molecule has 1 aromatic carbocycles. The second kappa shape index (κ2) is 11.2. The number of nitrogens with zero attached hydrogens (tertiary/aromatic N) is 4. The summed E-state index contributed by atoms with van der Waals surface area (Å²) in [5, 5.41) is 9.53. The van der Waals surface area contributed by atoms with E-state index in [0.717, 1.165) is 57.5 Å². The molecule has 4 rings (SSSR count). The molecule has 2 amide bonds. The quantitative estimate of drug-likeness (QED) is 0.425. The van der Waals surface area contributed by atoms with E-state index in [9.17, 15) is 9.59 Å². The van der Waals surface area contributed by atoms with Gasteiger partial charge in [0.25, 0.3) is 5.91 Å². The van der Waals surface area contributed by atoms with E-state index in [0.29, 0.717) is 11.8 Å². The van der Waals surface area contributed by atoms with Crippen LogP contribution in [0.3, 0.4) is 0 Å². The lowest BCUT2D eigenvalue weighted by molar-refractivity contribution is -0.117. The first kappa shape index (κ1) is 24.5. The zero-order valence-corrected chi connectivity index (χ0v) is 20.2. The SMILES string of the molecule is C=CC(=O)NC1CCC(Nc2nc(Nc3ccc(N4CCN(C)CC4)cc3)ncc2C(N)=O)CC1. The van der Waals surface area contributed by atoms with Crippen LogP contribution in [0.1, 0.15) is 36.0 Å². The normalized spacial score (nSPS) is 20.7. The Bertz CT molecular complexity index is 1040. The summed E-state index contributed by atoms with van der Waals surface area (Å²) >= 11 is 0. The van der Waals surface area contributed by atoms with E-state index in [-0.39, 0.29) is 23.6 Å². The van der Waals surface area contributed by atoms with Crippen molar-refractivity contribution in [3.05, 3.63) is 48.7 Å². The highest BCUT2D eigenvalue weighted by molar-refractivity contribution is 5.97. The number of amides is 2. The zero-order valence-electron chi connectivity index (χ0n) is 20.2. The number of benzene rings is 1. The molecule has 2 heterocycles. The Balaban J connectivity index is 1.39. The lowest BCUT2D eigenvalue weighted by Crippen LogP contribution is -2.44. The van der Waals surface area contributed by atoms with Gasteiger partial charge in [-0.05, 0) is 63.1 Å². The van der Waals surface area contributed by atoms with Crippen LogP contribution in [-0.2, 0) is 4.79 Å². The average Bonchev–Trinajstić information content (AvgIpc) is 2.86. The molecule has 186 valence electrons. The van der Waals surface area contributed by atoms with Gasteiger partial charge in [-0.2, -0.15) is 4.98 Å². The van der Waals surface area contributed by atoms with Gasteiger partial charge >= 0.3 is 0 Å². The summed E-state index contributed by atoms with van der Waals surface area (Å²) in [4.78, 5) is 37.1. The third kappa shape index (κ3) is 6.48. The number of nitrogens with one attached hydrogen (secondary N) is 3. The zero-order chi connectivity index (χ0) is 24.8. The van der Waals surface area contributed by atoms with Gasteiger partial charge in [-0.3, -0.25) is 9.59 Å². The molecule has 10 heteroatoms. The molecule has 10 nitrogen and oxygen atoms in total. The molecule has 1 saturated heterocycles. The van der Waals surface area contributed by atoms with Crippen molar-refractivity contribution in [1.29, 1.82) is 0 Å². The van der Waals surface area contributed by atoms with Crippen molar-refractivity contribution in [2.24, 2.45) is 5.73 Å². The molecule has 2 fully saturated rings. The first-order valence-electron chi connectivity index (χ1n) is 12.1. The van der Waals surface area contributed by atoms with Crippen LogP contribution in [-0.4, -0.2) is 72.0 Å². The molecule has 1 saturated carbocycles. The number of hydrogen-bond acceptors (Lipinski definition) is 8. The monoisotopic (exact) mass is 478 g/mol. The number of rotatable bonds is 8. The predicted molar refractivity (Wildman–Crippen MR) is 138 cm³/mol. The summed E-state index contributed by atoms with van der Waals surface area (Å²) in [7, 11) is 2.14. The van der Waals surface area contributed by atoms with Crippen LogP contribution in [0.2, 0.25) is 0 Å². The molecule has 0 spiro atoms. The molecule has 0 bridgehead atoms. The van der Waals surface area contributed by atoms with Gasteiger partial charge in [0.15, 0.2) is 0 Å². The van der Waals surface area contributed by atoms with Crippen molar-refractivity contribution in [1.82, 2.24) is 20.2 Å². The van der Waals surface area contributed by atoms with E-state index in [1.165, 1.54) is 18.0 Å². The predicted octanol–water partition coefficient (Wildman–Crippen LogP) is 2.10. The molecule has 2 aliphatic rings. The highest BCUT2D eigenvalue weighted by Crippen LogP contribution is 2.25. The fourth-order valence-corrected chi connectivity index (χ4v) is 4.52. The highest BCUT2D eigenvalue weighted by atomic mass is 16.1. The maximum atomic E-state index is 12.0. The Labute approximate surface area is 206 Å². The Morgan fingerprint density at radius 2 is 1.71 bits per heavy atom. The third-order valence-corrected chi connectivity index (χ3v) is 6.65. The summed E-state index contributed by atoms with van der Waals surface area (Å²) < 4.78 is 0. The highest BCUT2D eigenvalue weighted by Gasteiger charge is 2.24. The van der Waals surface area contributed by atoms with Gasteiger partial charge in [0.2, 0.25) is 11.9 Å². The van der Waals surface area contributed by atoms with Crippen molar-refractivity contribution >= 4 is 35.0 Å². The minimum absolute atomic E-state index is 0.121. The van der Waals surface area contributed by atoms with Crippen molar-refractivity contribution in [3.8, 4) is 0 Å². The molecule has 0 atom stereocenters. The summed E-state index contributed by atoms with van der Waals surface area (Å²) in [5.41, 5.74) is 7.87. The molecule has 1 aliphatic heterocycles. The maximum absolute atomic E-state index is 12.0. The second-order valence-electron chi connectivity index (χ2n) is 9.19. The number of hydrogen-bond donors (Lipinski definition) is 4. The minimum atomic E-state index is -0.581. The van der Waals surface area contributed by atoms with Gasteiger partial charge in [0, 0.05) is 55.8 Å². The molecular formula is C25H34N8O2. The lowest BCUT2D eigenvalue weighted by Gasteiger charge is -2.34. The number of likely N-dealkylation sites (N-methyl/N-ethyl adjacent to an activating group) is 1. The van der Waals surface area contributed by atoms with E-state index >= 15 is 0 Å². The first-order valence-corrected chi connectivity index (χ1v) is 12.1. The van der Waals surface area contributed by atoms with Crippen molar-refractivity contribution in [2.45, 2.75) is 37.8 Å². The Kier molecular flexibility index (Phi) is 7.81. The van der Waals surface area contributed by atoms with Gasteiger partial charge in [-0.1, -0.05) is 6.58 Å². The summed E-state index contributed by atoms with van der Waals surface area (Å²) in [6.07, 6.45) is 6.08. The van der Waals surface area contributed by atoms with E-state index in [1.54, 1.807) is 0 Å². The van der Waals surface area contributed by atoms with Crippen molar-refractivity contribution in [3.63, 3.8) is 0 Å². The number of primary amides is 1. The van der Waals surface area contributed by atoms with E-state index in [4.69, 9.17) is 5.73 Å². The van der Waals surface area contributed by atoms with Crippen LogP contribution >= 0.6 is 0 Å². The van der Waals surface area contributed by atoms with E-state index in [2.05, 4.69) is 61.5 Å². The molecule has 0 radical (unpaired) electrons. The number of piperazine rings is 1. The van der Waals surface area contributed by atoms with Crippen LogP contribution in [0, 0.1) is 0 Å². The van der Waals surface area contributed by atoms with Crippen LogP contribution in [0.4, 0.5) is 23.1 Å². The standard InChI is InChI=1S/C25H34N8O2/c1-3-22(34)28-17-4-6-18(7-5-17)29-24-21(23(26)35)16-27-25(31-24)30-19-8-10-20(11-9-19)33-14-12-32(2)13-15-33/h3,8-11,16-18H,1,4-7,12-15H2,2H3,(H2,26,35)(H,28,34)(H2,27,29,30,31). The van der Waals surface area contributed by atoms with Crippen LogP contribution < -0.4 is 26.6 Å². The summed E-state index contributed by atoms with van der Waals surface area (Å²) in [6.45, 7) is 7.64. The number of carbonyl (C=O) groups excluding carboxylic acids is 2. The smallest absolute Gasteiger partial charge is 0.254 e. The summed E-state index contributed by atoms with van der Waals surface area (Å²) in [5.74, 6) is 0.0717. The number of carbonyl (C=O) groups is 2. The summed E-state index contributed by atoms with van der Waals surface area (Å²) in [6, 6.07) is 8.44. The largest absolute Gasteiger partial charge is 0.369 e. The van der Waals surface area contributed by atoms with E-state index in [1.807, 2.05) is 12.1 Å². The molecule has 5 N–H and O–H groups in total. The molecule has 1 aromatic heterocycles. The molecule has 1 aliphatic carbocycles. The van der Waals surface area contributed by atoms with Gasteiger partial charge in [-0.25, -0.2) is 4.98 Å². The Hall–Kier alpha value is -3.66. The van der Waals surface area contributed by atoms with Gasteiger partial charge in [0.1, 0.15) is 5.82 Å². The number of nitrogens with two attached hydrogens (primary N) is 1. The van der Waals surface area contributed by atoms with Gasteiger partial charge in [0.05, 0.1) is 5.56 Å². The first-order chi connectivity index (χ1) is 16.9. The maximum Gasteiger partial charge on any atom is 0.254 e. The van der Waals surface area contributed by atoms with E-state index < -0.39 is 5.91 Å². The molecular weight excluding hydrogens is 444 g/mol. The fourth-order valence-electron chi connectivity index (χ4n) is 4.52. The third-order valence-electron chi connectivity index (χ3n) is 6.65. The average molecular weight is 479 g/mol. The molecule has 2 aromatic rings. The minimum Gasteiger partial charge on any atom is -0.369 e. The molecule has 35 heavy (non-hydrogen) atoms. The topological polar surface area (TPSA) is 129 Å². The van der Waals surface area contributed by atoms with Crippen LogP contribution in [0.15, 0.2) is 43.1 Å². The van der Waals surface area contributed by atoms with Crippen molar-refractivity contribution in [2.75, 3.05) is 48.8 Å². The van der Waals surface area contributed by atoms with Gasteiger partial charge in [-0.15, -0.1) is 0 Å². The van der Waals surface area contributed by atoms with Crippen LogP contribution in [0.5, 0.6) is 0 Å². The van der Waals surface area contributed by atoms with Crippen LogP contribution in [0.25, 0.3) is 0 Å². The number of aromatic nitrogens is 2. The van der Waals surface area contributed by atoms with Crippen molar-refractivity contribution < 1.29 is 9.59 Å². The van der Waals surface area contributed by atoms with Gasteiger partial charge < -0.3 is 31.5 Å². The Morgan fingerprint density at radius 3 is 2.34 bits per heavy atom. The fraction of sp³-hybridized carbons (Fsp3) is 0.440. The molecule has 0 unspecified atom stereocenters.